The second-order valence-corrected chi connectivity index (χ2v) is 7.99. The molecule has 0 radical (unpaired) electrons. The molecule has 1 aromatic heterocycles. The molecule has 3 aromatic rings. The van der Waals surface area contributed by atoms with Crippen LogP contribution >= 0.6 is 11.3 Å². The van der Waals surface area contributed by atoms with Gasteiger partial charge in [-0.3, -0.25) is 4.79 Å². The Bertz CT molecular complexity index is 967. The van der Waals surface area contributed by atoms with E-state index in [4.69, 9.17) is 9.47 Å². The van der Waals surface area contributed by atoms with Crippen LogP contribution in [0.15, 0.2) is 47.8 Å². The van der Waals surface area contributed by atoms with Crippen molar-refractivity contribution in [1.29, 1.82) is 0 Å². The number of nitrogens with one attached hydrogen (secondary N) is 1. The molecule has 2 aromatic carbocycles. The van der Waals surface area contributed by atoms with Crippen LogP contribution in [0.1, 0.15) is 40.4 Å². The Labute approximate surface area is 175 Å². The van der Waals surface area contributed by atoms with Gasteiger partial charge in [-0.2, -0.15) is 0 Å². The van der Waals surface area contributed by atoms with E-state index in [0.717, 1.165) is 33.3 Å². The van der Waals surface area contributed by atoms with Crippen molar-refractivity contribution in [2.24, 2.45) is 0 Å². The van der Waals surface area contributed by atoms with E-state index < -0.39 is 0 Å². The van der Waals surface area contributed by atoms with Crippen LogP contribution in [-0.4, -0.2) is 18.0 Å². The molecule has 1 unspecified atom stereocenters. The maximum absolute atomic E-state index is 12.5. The highest BCUT2D eigenvalue weighted by molar-refractivity contribution is 7.09. The number of amides is 1. The molecule has 0 bridgehead atoms. The number of aromatic nitrogens is 1. The molecule has 29 heavy (non-hydrogen) atoms. The van der Waals surface area contributed by atoms with E-state index in [1.54, 1.807) is 7.11 Å². The summed E-state index contributed by atoms with van der Waals surface area (Å²) >= 11 is 1.50. The number of hydrogen-bond donors (Lipinski definition) is 1. The first kappa shape index (κ1) is 20.9. The maximum Gasteiger partial charge on any atom is 0.226 e. The molecular weight excluding hydrogens is 384 g/mol. The van der Waals surface area contributed by atoms with Crippen LogP contribution in [0.4, 0.5) is 0 Å². The number of hydrogen-bond acceptors (Lipinski definition) is 5. The minimum atomic E-state index is -0.152. The number of rotatable bonds is 8. The highest BCUT2D eigenvalue weighted by atomic mass is 32.1. The summed E-state index contributed by atoms with van der Waals surface area (Å²) in [5, 5.41) is 5.79. The number of nitrogens with zero attached hydrogens (tertiary/aromatic N) is 1. The lowest BCUT2D eigenvalue weighted by molar-refractivity contribution is -0.121. The van der Waals surface area contributed by atoms with Gasteiger partial charge in [-0.1, -0.05) is 35.4 Å². The van der Waals surface area contributed by atoms with E-state index >= 15 is 0 Å². The number of aryl methyl sites for hydroxylation is 2. The third kappa shape index (κ3) is 5.81. The first-order chi connectivity index (χ1) is 13.9. The fraction of sp³-hybridized carbons (Fsp3) is 0.304. The van der Waals surface area contributed by atoms with Crippen molar-refractivity contribution in [3.8, 4) is 11.5 Å². The molecule has 0 aliphatic heterocycles. The Hall–Kier alpha value is -2.86. The summed E-state index contributed by atoms with van der Waals surface area (Å²) in [5.74, 6) is 1.51. The zero-order valence-electron chi connectivity index (χ0n) is 17.2. The molecule has 0 aliphatic carbocycles. The lowest BCUT2D eigenvalue weighted by Crippen LogP contribution is -2.28. The zero-order valence-corrected chi connectivity index (χ0v) is 18.0. The van der Waals surface area contributed by atoms with E-state index in [0.29, 0.717) is 6.61 Å². The highest BCUT2D eigenvalue weighted by Gasteiger charge is 2.16. The lowest BCUT2D eigenvalue weighted by Gasteiger charge is -2.17. The van der Waals surface area contributed by atoms with Gasteiger partial charge in [-0.05, 0) is 39.0 Å². The molecule has 6 heteroatoms. The predicted molar refractivity (Wildman–Crippen MR) is 116 cm³/mol. The molecule has 0 fully saturated rings. The summed E-state index contributed by atoms with van der Waals surface area (Å²) in [6.45, 7) is 6.41. The normalized spacial score (nSPS) is 11.7. The molecule has 0 spiro atoms. The first-order valence-corrected chi connectivity index (χ1v) is 10.4. The molecule has 1 N–H and O–H groups in total. The van der Waals surface area contributed by atoms with Crippen molar-refractivity contribution in [3.63, 3.8) is 0 Å². The largest absolute Gasteiger partial charge is 0.496 e. The van der Waals surface area contributed by atoms with Gasteiger partial charge < -0.3 is 14.8 Å². The summed E-state index contributed by atoms with van der Waals surface area (Å²) < 4.78 is 11.2. The van der Waals surface area contributed by atoms with Crippen LogP contribution in [-0.2, 0) is 17.8 Å². The number of carbonyl (C=O) groups is 1. The summed E-state index contributed by atoms with van der Waals surface area (Å²) in [4.78, 5) is 17.0. The van der Waals surface area contributed by atoms with Crippen LogP contribution in [0.5, 0.6) is 11.5 Å². The fourth-order valence-corrected chi connectivity index (χ4v) is 3.71. The van der Waals surface area contributed by atoms with Gasteiger partial charge in [0.05, 0.1) is 25.3 Å². The second kappa shape index (κ2) is 9.56. The number of benzene rings is 2. The molecule has 0 saturated carbocycles. The average Bonchev–Trinajstić information content (AvgIpc) is 3.14. The van der Waals surface area contributed by atoms with E-state index in [1.807, 2.05) is 68.6 Å². The quantitative estimate of drug-likeness (QED) is 0.581. The molecule has 1 amide bonds. The fourth-order valence-electron chi connectivity index (χ4n) is 3.00. The topological polar surface area (TPSA) is 60.5 Å². The Morgan fingerprint density at radius 1 is 1.14 bits per heavy atom. The molecule has 1 atom stereocenters. The Morgan fingerprint density at radius 2 is 1.86 bits per heavy atom. The smallest absolute Gasteiger partial charge is 0.226 e. The van der Waals surface area contributed by atoms with Crippen molar-refractivity contribution >= 4 is 17.2 Å². The van der Waals surface area contributed by atoms with Gasteiger partial charge in [-0.15, -0.1) is 11.3 Å². The summed E-state index contributed by atoms with van der Waals surface area (Å²) in [7, 11) is 1.64. The van der Waals surface area contributed by atoms with E-state index in [1.165, 1.54) is 16.9 Å². The number of ether oxygens (including phenoxy) is 2. The zero-order chi connectivity index (χ0) is 20.8. The number of methoxy groups -OCH3 is 1. The average molecular weight is 411 g/mol. The van der Waals surface area contributed by atoms with Gasteiger partial charge in [0.2, 0.25) is 5.91 Å². The highest BCUT2D eigenvalue weighted by Crippen LogP contribution is 2.26. The Morgan fingerprint density at radius 3 is 2.59 bits per heavy atom. The van der Waals surface area contributed by atoms with E-state index in [9.17, 15) is 4.79 Å². The Kier molecular flexibility index (Phi) is 6.88. The summed E-state index contributed by atoms with van der Waals surface area (Å²) in [6, 6.07) is 13.7. The number of carbonyl (C=O) groups excluding carboxylic acids is 1. The molecule has 3 rings (SSSR count). The standard InChI is InChI=1S/C23H26N2O3S/c1-15-5-8-19(9-6-15)28-13-23-25-18(14-29-23)12-22(26)24-17(3)20-11-16(2)7-10-21(20)27-4/h5-11,14,17H,12-13H2,1-4H3,(H,24,26). The van der Waals surface area contributed by atoms with Crippen LogP contribution < -0.4 is 14.8 Å². The van der Waals surface area contributed by atoms with Crippen LogP contribution in [0, 0.1) is 13.8 Å². The summed E-state index contributed by atoms with van der Waals surface area (Å²) in [5.41, 5.74) is 4.03. The van der Waals surface area contributed by atoms with Crippen molar-refractivity contribution in [2.75, 3.05) is 7.11 Å². The van der Waals surface area contributed by atoms with Crippen LogP contribution in [0.3, 0.4) is 0 Å². The SMILES string of the molecule is COc1ccc(C)cc1C(C)NC(=O)Cc1csc(COc2ccc(C)cc2)n1. The predicted octanol–water partition coefficient (Wildman–Crippen LogP) is 4.77. The van der Waals surface area contributed by atoms with Crippen molar-refractivity contribution in [3.05, 3.63) is 75.2 Å². The van der Waals surface area contributed by atoms with Gasteiger partial charge in [0.15, 0.2) is 0 Å². The third-order valence-corrected chi connectivity index (χ3v) is 5.42. The first-order valence-electron chi connectivity index (χ1n) is 9.51. The van der Waals surface area contributed by atoms with Crippen LogP contribution in [0.25, 0.3) is 0 Å². The van der Waals surface area contributed by atoms with Crippen molar-refractivity contribution < 1.29 is 14.3 Å². The molecular formula is C23H26N2O3S. The molecule has 152 valence electrons. The van der Waals surface area contributed by atoms with E-state index in [-0.39, 0.29) is 18.4 Å². The Balaban J connectivity index is 1.54. The van der Waals surface area contributed by atoms with Gasteiger partial charge in [-0.25, -0.2) is 4.98 Å². The molecule has 0 aliphatic rings. The van der Waals surface area contributed by atoms with Crippen molar-refractivity contribution in [1.82, 2.24) is 10.3 Å². The monoisotopic (exact) mass is 410 g/mol. The van der Waals surface area contributed by atoms with Gasteiger partial charge in [0.25, 0.3) is 0 Å². The van der Waals surface area contributed by atoms with Crippen LogP contribution in [0.2, 0.25) is 0 Å². The maximum atomic E-state index is 12.5. The van der Waals surface area contributed by atoms with Gasteiger partial charge >= 0.3 is 0 Å². The molecule has 5 nitrogen and oxygen atoms in total. The van der Waals surface area contributed by atoms with Gasteiger partial charge in [0, 0.05) is 10.9 Å². The van der Waals surface area contributed by atoms with Gasteiger partial charge in [0.1, 0.15) is 23.1 Å². The molecule has 1 heterocycles. The van der Waals surface area contributed by atoms with E-state index in [2.05, 4.69) is 10.3 Å². The minimum absolute atomic E-state index is 0.0719. The minimum Gasteiger partial charge on any atom is -0.496 e. The molecule has 0 saturated heterocycles. The van der Waals surface area contributed by atoms with Crippen molar-refractivity contribution in [2.45, 2.75) is 39.8 Å². The summed E-state index contributed by atoms with van der Waals surface area (Å²) in [6.07, 6.45) is 0.236. The third-order valence-electron chi connectivity index (χ3n) is 4.55. The lowest BCUT2D eigenvalue weighted by atomic mass is 10.0. The second-order valence-electron chi connectivity index (χ2n) is 7.05. The number of thiazole rings is 1.